The fourth-order valence-electron chi connectivity index (χ4n) is 2.58. The summed E-state index contributed by atoms with van der Waals surface area (Å²) in [6.07, 6.45) is -4.54. The van der Waals surface area contributed by atoms with E-state index in [1.807, 2.05) is 0 Å². The lowest BCUT2D eigenvalue weighted by molar-refractivity contribution is -0.384. The number of nitrogens with two attached hydrogens (primary N) is 1. The normalized spacial score (nSPS) is 11.5. The molecular formula is C17H11F3N2O3S. The maximum Gasteiger partial charge on any atom is 0.416 e. The Morgan fingerprint density at radius 3 is 2.46 bits per heavy atom. The van der Waals surface area contributed by atoms with Crippen molar-refractivity contribution in [1.29, 1.82) is 0 Å². The standard InChI is InChI=1S/C17H11F3N2O3S/c18-17(19,20)10-5-3-4-9(8-10)13-14(23)15(26-16(13)21)11-6-1-2-7-12(11)22(24)25/h1-8,23H,21H2. The summed E-state index contributed by atoms with van der Waals surface area (Å²) in [6, 6.07) is 10.1. The number of nitrogen functional groups attached to an aromatic ring is 1. The van der Waals surface area contributed by atoms with Crippen molar-refractivity contribution < 1.29 is 23.2 Å². The van der Waals surface area contributed by atoms with Gasteiger partial charge in [-0.05, 0) is 23.8 Å². The number of rotatable bonds is 3. The highest BCUT2D eigenvalue weighted by molar-refractivity contribution is 7.20. The van der Waals surface area contributed by atoms with E-state index in [-0.39, 0.29) is 38.0 Å². The van der Waals surface area contributed by atoms with Crippen LogP contribution in [0.1, 0.15) is 5.56 Å². The number of halogens is 3. The van der Waals surface area contributed by atoms with Crippen LogP contribution in [0.2, 0.25) is 0 Å². The lowest BCUT2D eigenvalue weighted by atomic mass is 10.0. The van der Waals surface area contributed by atoms with Crippen molar-refractivity contribution >= 4 is 22.0 Å². The molecule has 134 valence electrons. The Morgan fingerprint density at radius 2 is 1.81 bits per heavy atom. The summed E-state index contributed by atoms with van der Waals surface area (Å²) in [5, 5.41) is 21.8. The molecule has 3 aromatic rings. The quantitative estimate of drug-likeness (QED) is 0.477. The summed E-state index contributed by atoms with van der Waals surface area (Å²) in [5.41, 5.74) is 5.03. The first kappa shape index (κ1) is 17.7. The van der Waals surface area contributed by atoms with Crippen LogP contribution >= 0.6 is 11.3 Å². The van der Waals surface area contributed by atoms with Gasteiger partial charge in [0.05, 0.1) is 31.5 Å². The Bertz CT molecular complexity index is 999. The molecule has 0 radical (unpaired) electrons. The van der Waals surface area contributed by atoms with Gasteiger partial charge in [0.1, 0.15) is 5.75 Å². The molecule has 0 unspecified atom stereocenters. The van der Waals surface area contributed by atoms with E-state index in [1.54, 1.807) is 6.07 Å². The third kappa shape index (κ3) is 3.08. The molecule has 1 aromatic heterocycles. The van der Waals surface area contributed by atoms with E-state index in [9.17, 15) is 28.4 Å². The number of thiophene rings is 1. The smallest absolute Gasteiger partial charge is 0.416 e. The second-order valence-electron chi connectivity index (χ2n) is 5.37. The van der Waals surface area contributed by atoms with Crippen LogP contribution in [0.15, 0.2) is 48.5 Å². The van der Waals surface area contributed by atoms with Crippen LogP contribution in [0.25, 0.3) is 21.6 Å². The molecule has 3 rings (SSSR count). The van der Waals surface area contributed by atoms with Gasteiger partial charge in [-0.2, -0.15) is 13.2 Å². The number of alkyl halides is 3. The fourth-order valence-corrected chi connectivity index (χ4v) is 3.59. The number of benzene rings is 2. The lowest BCUT2D eigenvalue weighted by Gasteiger charge is -2.09. The molecule has 0 saturated carbocycles. The molecule has 0 atom stereocenters. The zero-order valence-corrected chi connectivity index (χ0v) is 13.8. The summed E-state index contributed by atoms with van der Waals surface area (Å²) in [4.78, 5) is 10.7. The van der Waals surface area contributed by atoms with E-state index in [0.717, 1.165) is 23.5 Å². The Balaban J connectivity index is 2.19. The van der Waals surface area contributed by atoms with Gasteiger partial charge in [0.25, 0.3) is 5.69 Å². The van der Waals surface area contributed by atoms with Crippen LogP contribution in [0.3, 0.4) is 0 Å². The van der Waals surface area contributed by atoms with Crippen molar-refractivity contribution in [3.63, 3.8) is 0 Å². The topological polar surface area (TPSA) is 89.4 Å². The van der Waals surface area contributed by atoms with Gasteiger partial charge in [0.2, 0.25) is 0 Å². The molecule has 26 heavy (non-hydrogen) atoms. The molecule has 0 amide bonds. The first-order valence-corrected chi connectivity index (χ1v) is 8.04. The van der Waals surface area contributed by atoms with Crippen LogP contribution < -0.4 is 5.73 Å². The van der Waals surface area contributed by atoms with E-state index < -0.39 is 16.7 Å². The average molecular weight is 380 g/mol. The number of nitro groups is 1. The number of hydrogen-bond donors (Lipinski definition) is 2. The first-order chi connectivity index (χ1) is 12.2. The zero-order valence-electron chi connectivity index (χ0n) is 12.9. The minimum atomic E-state index is -4.54. The fraction of sp³-hybridized carbons (Fsp3) is 0.0588. The minimum Gasteiger partial charge on any atom is -0.506 e. The first-order valence-electron chi connectivity index (χ1n) is 7.22. The largest absolute Gasteiger partial charge is 0.506 e. The Hall–Kier alpha value is -3.07. The van der Waals surface area contributed by atoms with Crippen LogP contribution in [0, 0.1) is 10.1 Å². The van der Waals surface area contributed by atoms with Gasteiger partial charge in [0.15, 0.2) is 0 Å². The van der Waals surface area contributed by atoms with Crippen LogP contribution in [-0.2, 0) is 6.18 Å². The Labute approximate surface area is 149 Å². The van der Waals surface area contributed by atoms with Gasteiger partial charge in [0, 0.05) is 6.07 Å². The number of aromatic hydroxyl groups is 1. The van der Waals surface area contributed by atoms with Gasteiger partial charge < -0.3 is 10.8 Å². The molecule has 0 spiro atoms. The summed E-state index contributed by atoms with van der Waals surface area (Å²) in [7, 11) is 0. The van der Waals surface area contributed by atoms with Crippen LogP contribution in [0.4, 0.5) is 23.9 Å². The Morgan fingerprint density at radius 1 is 1.12 bits per heavy atom. The summed E-state index contributed by atoms with van der Waals surface area (Å²) in [6.45, 7) is 0. The molecule has 0 aliphatic carbocycles. The second kappa shape index (κ2) is 6.34. The molecule has 0 saturated heterocycles. The molecule has 1 heterocycles. The van der Waals surface area contributed by atoms with Gasteiger partial charge in [-0.3, -0.25) is 10.1 Å². The van der Waals surface area contributed by atoms with Gasteiger partial charge in [-0.15, -0.1) is 11.3 Å². The average Bonchev–Trinajstić information content (AvgIpc) is 2.88. The zero-order chi connectivity index (χ0) is 19.1. The minimum absolute atomic E-state index is 0.0225. The SMILES string of the molecule is Nc1sc(-c2ccccc2[N+](=O)[O-])c(O)c1-c1cccc(C(F)(F)F)c1. The highest BCUT2D eigenvalue weighted by atomic mass is 32.1. The Kier molecular flexibility index (Phi) is 4.33. The monoisotopic (exact) mass is 380 g/mol. The van der Waals surface area contributed by atoms with Crippen LogP contribution in [0.5, 0.6) is 5.75 Å². The van der Waals surface area contributed by atoms with Crippen LogP contribution in [-0.4, -0.2) is 10.0 Å². The van der Waals surface area contributed by atoms with E-state index in [1.165, 1.54) is 30.3 Å². The van der Waals surface area contributed by atoms with Crippen molar-refractivity contribution in [2.45, 2.75) is 6.18 Å². The van der Waals surface area contributed by atoms with Crippen molar-refractivity contribution in [1.82, 2.24) is 0 Å². The lowest BCUT2D eigenvalue weighted by Crippen LogP contribution is -2.04. The van der Waals surface area contributed by atoms with E-state index in [4.69, 9.17) is 5.73 Å². The molecule has 0 bridgehead atoms. The molecule has 0 aliphatic rings. The van der Waals surface area contributed by atoms with Gasteiger partial charge in [-0.1, -0.05) is 24.3 Å². The van der Waals surface area contributed by atoms with Gasteiger partial charge >= 0.3 is 6.18 Å². The summed E-state index contributed by atoms with van der Waals surface area (Å²) in [5.74, 6) is -0.388. The molecule has 3 N–H and O–H groups in total. The number of anilines is 1. The van der Waals surface area contributed by atoms with Crippen molar-refractivity contribution in [3.8, 4) is 27.3 Å². The van der Waals surface area contributed by atoms with Crippen molar-refractivity contribution in [2.24, 2.45) is 0 Å². The third-order valence-corrected chi connectivity index (χ3v) is 4.78. The van der Waals surface area contributed by atoms with E-state index >= 15 is 0 Å². The number of nitro benzene ring substituents is 1. The molecule has 0 fully saturated rings. The molecule has 0 aliphatic heterocycles. The highest BCUT2D eigenvalue weighted by Gasteiger charge is 2.31. The third-order valence-electron chi connectivity index (χ3n) is 3.73. The van der Waals surface area contributed by atoms with E-state index in [0.29, 0.717) is 0 Å². The number of nitrogens with zero attached hydrogens (tertiary/aromatic N) is 1. The van der Waals surface area contributed by atoms with Crippen molar-refractivity contribution in [3.05, 3.63) is 64.2 Å². The molecular weight excluding hydrogens is 369 g/mol. The van der Waals surface area contributed by atoms with Gasteiger partial charge in [-0.25, -0.2) is 0 Å². The van der Waals surface area contributed by atoms with Crippen molar-refractivity contribution in [2.75, 3.05) is 5.73 Å². The predicted octanol–water partition coefficient (Wildman–Crippen LogP) is 5.30. The molecule has 9 heteroatoms. The maximum absolute atomic E-state index is 12.9. The van der Waals surface area contributed by atoms with E-state index in [2.05, 4.69) is 0 Å². The summed E-state index contributed by atoms with van der Waals surface area (Å²) >= 11 is 0.876. The molecule has 5 nitrogen and oxygen atoms in total. The summed E-state index contributed by atoms with van der Waals surface area (Å²) < 4.78 is 38.8. The highest BCUT2D eigenvalue weighted by Crippen LogP contribution is 2.51. The number of para-hydroxylation sites is 1. The maximum atomic E-state index is 12.9. The number of hydrogen-bond acceptors (Lipinski definition) is 5. The second-order valence-corrected chi connectivity index (χ2v) is 6.42. The molecule has 2 aromatic carbocycles. The predicted molar refractivity (Wildman–Crippen MR) is 92.9 cm³/mol.